The minimum atomic E-state index is -0.940. The van der Waals surface area contributed by atoms with Crippen LogP contribution < -0.4 is 14.5 Å². The molecule has 0 unspecified atom stereocenters. The van der Waals surface area contributed by atoms with Crippen molar-refractivity contribution in [1.82, 2.24) is 24.8 Å². The summed E-state index contributed by atoms with van der Waals surface area (Å²) in [6.45, 7) is 5.15. The lowest BCUT2D eigenvalue weighted by Gasteiger charge is -2.36. The van der Waals surface area contributed by atoms with Crippen molar-refractivity contribution in [2.45, 2.75) is 44.3 Å². The summed E-state index contributed by atoms with van der Waals surface area (Å²) in [5.41, 5.74) is 0.533. The van der Waals surface area contributed by atoms with Gasteiger partial charge < -0.3 is 19.6 Å². The summed E-state index contributed by atoms with van der Waals surface area (Å²) >= 11 is 0. The summed E-state index contributed by atoms with van der Waals surface area (Å²) < 4.78 is 52.8. The number of aromatic nitrogens is 4. The van der Waals surface area contributed by atoms with Crippen molar-refractivity contribution in [2.24, 2.45) is 0 Å². The molecule has 3 aromatic heterocycles. The van der Waals surface area contributed by atoms with E-state index in [1.807, 2.05) is 16.7 Å². The van der Waals surface area contributed by atoms with E-state index in [1.165, 1.54) is 24.4 Å². The molecule has 5 aromatic rings. The average molecular weight is 681 g/mol. The van der Waals surface area contributed by atoms with Gasteiger partial charge in [-0.1, -0.05) is 13.0 Å². The van der Waals surface area contributed by atoms with Crippen LogP contribution in [0.2, 0.25) is 0 Å². The summed E-state index contributed by atoms with van der Waals surface area (Å²) in [5, 5.41) is 21.6. The Morgan fingerprint density at radius 1 is 1.04 bits per heavy atom. The second-order valence-electron chi connectivity index (χ2n) is 13.3. The maximum absolute atomic E-state index is 16.9. The Kier molecular flexibility index (Phi) is 8.06. The van der Waals surface area contributed by atoms with E-state index in [-0.39, 0.29) is 35.1 Å². The highest BCUT2D eigenvalue weighted by molar-refractivity contribution is 6.01. The van der Waals surface area contributed by atoms with Gasteiger partial charge in [-0.05, 0) is 72.5 Å². The number of nitriles is 1. The second kappa shape index (κ2) is 12.6. The van der Waals surface area contributed by atoms with Crippen molar-refractivity contribution in [2.75, 3.05) is 55.7 Å². The van der Waals surface area contributed by atoms with Crippen molar-refractivity contribution >= 4 is 33.3 Å². The largest absolute Gasteiger partial charge is 0.508 e. The van der Waals surface area contributed by atoms with Crippen LogP contribution in [0.4, 0.5) is 24.8 Å². The molecule has 3 fully saturated rings. The molecule has 256 valence electrons. The molecule has 0 radical (unpaired) electrons. The monoisotopic (exact) mass is 680 g/mol. The molecular formula is C37H35F3N8O2. The molecular weight excluding hydrogens is 645 g/mol. The van der Waals surface area contributed by atoms with E-state index in [1.54, 1.807) is 24.4 Å². The number of halogens is 3. The number of phenolic OH excluding ortho intramolecular Hbond substituents is 1. The number of hydrogen-bond donors (Lipinski definition) is 1. The maximum Gasteiger partial charge on any atom is 0.319 e. The Hall–Kier alpha value is -5.22. The topological polar surface area (TPSA) is 115 Å². The number of phenols is 1. The Bertz CT molecular complexity index is 2170. The van der Waals surface area contributed by atoms with Crippen LogP contribution >= 0.6 is 0 Å². The first-order chi connectivity index (χ1) is 24.3. The summed E-state index contributed by atoms with van der Waals surface area (Å²) in [5.74, 6) is -0.259. The molecule has 3 aliphatic heterocycles. The van der Waals surface area contributed by atoms with Gasteiger partial charge in [-0.2, -0.15) is 15.2 Å². The second-order valence-corrected chi connectivity index (χ2v) is 13.3. The molecule has 10 nitrogen and oxygen atoms in total. The smallest absolute Gasteiger partial charge is 0.319 e. The van der Waals surface area contributed by atoms with Gasteiger partial charge >= 0.3 is 6.01 Å². The highest BCUT2D eigenvalue weighted by atomic mass is 19.1. The van der Waals surface area contributed by atoms with Crippen LogP contribution in [0.3, 0.4) is 0 Å². The summed E-state index contributed by atoms with van der Waals surface area (Å²) in [7, 11) is 0. The van der Waals surface area contributed by atoms with Gasteiger partial charge in [-0.25, -0.2) is 18.2 Å². The van der Waals surface area contributed by atoms with Crippen molar-refractivity contribution in [3.8, 4) is 29.1 Å². The van der Waals surface area contributed by atoms with E-state index in [9.17, 15) is 14.8 Å². The Labute approximate surface area is 286 Å². The number of nitrogens with zero attached hydrogens (tertiary/aromatic N) is 8. The van der Waals surface area contributed by atoms with Crippen molar-refractivity contribution in [3.05, 3.63) is 71.6 Å². The quantitative estimate of drug-likeness (QED) is 0.222. The Morgan fingerprint density at radius 3 is 2.62 bits per heavy atom. The minimum absolute atomic E-state index is 0.0320. The molecule has 3 saturated heterocycles. The molecule has 13 heteroatoms. The number of pyridine rings is 2. The first-order valence-corrected chi connectivity index (χ1v) is 17.0. The molecule has 6 heterocycles. The highest BCUT2D eigenvalue weighted by Gasteiger charge is 2.49. The van der Waals surface area contributed by atoms with E-state index < -0.39 is 23.3 Å². The van der Waals surface area contributed by atoms with Crippen LogP contribution in [0.15, 0.2) is 48.8 Å². The summed E-state index contributed by atoms with van der Waals surface area (Å²) in [4.78, 5) is 24.5. The standard InChI is InChI=1S/C37H35F3N8O2/c1-2-26-29(39)7-6-22-15-25(49)16-27(30(22)26)32-31(40)33-28(19-43-32)35(47-13-11-46(12-14-47)34-23(18-41)5-3-9-42-34)45-36(44-33)50-21-37-8-4-10-48(37)20-24(38)17-37/h3,5-7,9,15-16,19,24,49H,2,4,8,10-14,17,20-21H2,1H3/t24-,37+/m1/s1. The van der Waals surface area contributed by atoms with Crippen LogP contribution in [0.5, 0.6) is 11.8 Å². The van der Waals surface area contributed by atoms with Gasteiger partial charge in [0.05, 0.1) is 16.5 Å². The van der Waals surface area contributed by atoms with E-state index in [2.05, 4.69) is 25.9 Å². The van der Waals surface area contributed by atoms with Gasteiger partial charge in [0.25, 0.3) is 0 Å². The summed E-state index contributed by atoms with van der Waals surface area (Å²) in [6.07, 6.45) is 4.66. The fourth-order valence-corrected chi connectivity index (χ4v) is 8.06. The van der Waals surface area contributed by atoms with Crippen LogP contribution in [0.25, 0.3) is 32.9 Å². The third kappa shape index (κ3) is 5.38. The number of fused-ring (bicyclic) bond motifs is 3. The van der Waals surface area contributed by atoms with Gasteiger partial charge in [-0.3, -0.25) is 9.88 Å². The predicted molar refractivity (Wildman–Crippen MR) is 183 cm³/mol. The zero-order valence-electron chi connectivity index (χ0n) is 27.5. The van der Waals surface area contributed by atoms with Crippen molar-refractivity contribution in [1.29, 1.82) is 5.26 Å². The average Bonchev–Trinajstić information content (AvgIpc) is 3.66. The number of aryl methyl sites for hydroxylation is 1. The van der Waals surface area contributed by atoms with Gasteiger partial charge in [0.1, 0.15) is 53.3 Å². The number of anilines is 2. The first kappa shape index (κ1) is 32.0. The number of aromatic hydroxyl groups is 1. The molecule has 2 aromatic carbocycles. The number of piperazine rings is 1. The molecule has 50 heavy (non-hydrogen) atoms. The lowest BCUT2D eigenvalue weighted by atomic mass is 9.94. The van der Waals surface area contributed by atoms with Crippen molar-refractivity contribution < 1.29 is 23.0 Å². The number of alkyl halides is 1. The van der Waals surface area contributed by atoms with E-state index >= 15 is 8.78 Å². The van der Waals surface area contributed by atoms with E-state index in [0.717, 1.165) is 19.4 Å². The molecule has 1 N–H and O–H groups in total. The molecule has 3 aliphatic rings. The van der Waals surface area contributed by atoms with Crippen LogP contribution in [0, 0.1) is 23.0 Å². The first-order valence-electron chi connectivity index (χ1n) is 17.0. The molecule has 2 atom stereocenters. The van der Waals surface area contributed by atoms with Gasteiger partial charge in [0.15, 0.2) is 5.82 Å². The molecule has 0 saturated carbocycles. The fourth-order valence-electron chi connectivity index (χ4n) is 8.06. The van der Waals surface area contributed by atoms with Crippen LogP contribution in [-0.4, -0.2) is 87.5 Å². The van der Waals surface area contributed by atoms with E-state index in [4.69, 9.17) is 9.72 Å². The van der Waals surface area contributed by atoms with Crippen LogP contribution in [0.1, 0.15) is 37.3 Å². The van der Waals surface area contributed by atoms with Gasteiger partial charge in [0.2, 0.25) is 0 Å². The van der Waals surface area contributed by atoms with Crippen LogP contribution in [-0.2, 0) is 6.42 Å². The van der Waals surface area contributed by atoms with E-state index in [0.29, 0.717) is 84.5 Å². The van der Waals surface area contributed by atoms with Gasteiger partial charge in [0, 0.05) is 57.1 Å². The molecule has 0 bridgehead atoms. The zero-order chi connectivity index (χ0) is 34.6. The number of benzene rings is 2. The van der Waals surface area contributed by atoms with Crippen molar-refractivity contribution in [3.63, 3.8) is 0 Å². The molecule has 0 spiro atoms. The number of rotatable bonds is 7. The Balaban J connectivity index is 1.22. The lowest BCUT2D eigenvalue weighted by Crippen LogP contribution is -2.47. The summed E-state index contributed by atoms with van der Waals surface area (Å²) in [6, 6.07) is 11.4. The number of hydrogen-bond acceptors (Lipinski definition) is 10. The third-order valence-electron chi connectivity index (χ3n) is 10.4. The third-order valence-corrected chi connectivity index (χ3v) is 10.4. The highest BCUT2D eigenvalue weighted by Crippen LogP contribution is 2.42. The van der Waals surface area contributed by atoms with Gasteiger partial charge in [-0.15, -0.1) is 0 Å². The predicted octanol–water partition coefficient (Wildman–Crippen LogP) is 5.94. The zero-order valence-corrected chi connectivity index (χ0v) is 27.5. The molecule has 8 rings (SSSR count). The molecule has 0 amide bonds. The minimum Gasteiger partial charge on any atom is -0.508 e. The molecule has 0 aliphatic carbocycles. The number of ether oxygens (including phenoxy) is 1. The normalized spacial score (nSPS) is 20.8. The Morgan fingerprint density at radius 2 is 1.84 bits per heavy atom. The maximum atomic E-state index is 16.9. The lowest BCUT2D eigenvalue weighted by molar-refractivity contribution is 0.107. The SMILES string of the molecule is CCc1c(F)ccc2cc(O)cc(-c3ncc4c(N5CCN(c6ncccc6C#N)CC5)nc(OC[C@@]56CCCN5C[C@H](F)C6)nc4c3F)c12. The fraction of sp³-hybridized carbons (Fsp3) is 0.378.